The molecule has 2 N–H and O–H groups in total. The first-order valence-electron chi connectivity index (χ1n) is 9.51. The third kappa shape index (κ3) is 3.77. The molecule has 0 radical (unpaired) electrons. The van der Waals surface area contributed by atoms with Crippen molar-refractivity contribution in [2.75, 3.05) is 23.7 Å². The summed E-state index contributed by atoms with van der Waals surface area (Å²) in [6, 6.07) is 14.4. The highest BCUT2D eigenvalue weighted by molar-refractivity contribution is 5.94. The fourth-order valence-electron chi connectivity index (χ4n) is 3.76. The Morgan fingerprint density at radius 1 is 1.00 bits per heavy atom. The highest BCUT2D eigenvalue weighted by Gasteiger charge is 2.17. The van der Waals surface area contributed by atoms with E-state index in [1.165, 1.54) is 19.3 Å². The summed E-state index contributed by atoms with van der Waals surface area (Å²) in [5.41, 5.74) is 10.1. The van der Waals surface area contributed by atoms with Gasteiger partial charge in [0.05, 0.1) is 5.52 Å². The molecule has 0 saturated carbocycles. The minimum atomic E-state index is 0.175. The van der Waals surface area contributed by atoms with Gasteiger partial charge in [-0.25, -0.2) is 4.98 Å². The molecule has 27 heavy (non-hydrogen) atoms. The van der Waals surface area contributed by atoms with E-state index in [4.69, 9.17) is 5.73 Å². The Hall–Kier alpha value is -2.95. The van der Waals surface area contributed by atoms with Crippen LogP contribution in [0.5, 0.6) is 0 Å². The molecule has 4 rings (SSSR count). The molecule has 0 bridgehead atoms. The van der Waals surface area contributed by atoms with E-state index in [0.717, 1.165) is 46.5 Å². The minimum absolute atomic E-state index is 0.175. The molecule has 2 heterocycles. The van der Waals surface area contributed by atoms with Gasteiger partial charge in [-0.2, -0.15) is 4.98 Å². The normalized spacial score (nSPS) is 14.5. The highest BCUT2D eigenvalue weighted by Crippen LogP contribution is 2.31. The summed E-state index contributed by atoms with van der Waals surface area (Å²) in [6.45, 7) is 3.64. The van der Waals surface area contributed by atoms with Gasteiger partial charge < -0.3 is 10.6 Å². The molecule has 1 aromatic heterocycles. The smallest absolute Gasteiger partial charge is 0.222 e. The van der Waals surface area contributed by atoms with E-state index >= 15 is 0 Å². The zero-order valence-corrected chi connectivity index (χ0v) is 15.6. The summed E-state index contributed by atoms with van der Waals surface area (Å²) in [6.07, 6.45) is 4.11. The number of rotatable bonds is 4. The maximum atomic E-state index is 11.3. The molecule has 0 atom stereocenters. The van der Waals surface area contributed by atoms with E-state index in [2.05, 4.69) is 39.1 Å². The van der Waals surface area contributed by atoms with Gasteiger partial charge in [0.1, 0.15) is 11.6 Å². The molecule has 0 aliphatic carbocycles. The molecule has 2 aromatic carbocycles. The van der Waals surface area contributed by atoms with Gasteiger partial charge in [0.25, 0.3) is 0 Å². The first-order valence-corrected chi connectivity index (χ1v) is 9.51. The first kappa shape index (κ1) is 17.5. The number of piperidine rings is 1. The molecule has 1 saturated heterocycles. The number of ketones is 1. The lowest BCUT2D eigenvalue weighted by Gasteiger charge is -2.28. The molecule has 5 heteroatoms. The zero-order chi connectivity index (χ0) is 18.8. The lowest BCUT2D eigenvalue weighted by Crippen LogP contribution is -2.30. The summed E-state index contributed by atoms with van der Waals surface area (Å²) in [5, 5.41) is 1.04. The largest absolute Gasteiger partial charge is 0.368 e. The second kappa shape index (κ2) is 7.35. The molecule has 0 spiro atoms. The predicted molar refractivity (Wildman–Crippen MR) is 110 cm³/mol. The zero-order valence-electron chi connectivity index (χ0n) is 15.6. The number of hydrogen-bond acceptors (Lipinski definition) is 5. The van der Waals surface area contributed by atoms with Crippen molar-refractivity contribution in [2.45, 2.75) is 32.6 Å². The Bertz CT molecular complexity index is 976. The van der Waals surface area contributed by atoms with Crippen LogP contribution in [0.2, 0.25) is 0 Å². The number of benzene rings is 2. The summed E-state index contributed by atoms with van der Waals surface area (Å²) < 4.78 is 0. The van der Waals surface area contributed by atoms with Crippen LogP contribution in [0.3, 0.4) is 0 Å². The number of nitrogen functional groups attached to an aromatic ring is 1. The number of fused-ring (bicyclic) bond motifs is 1. The Morgan fingerprint density at radius 2 is 1.70 bits per heavy atom. The maximum Gasteiger partial charge on any atom is 0.222 e. The van der Waals surface area contributed by atoms with Crippen molar-refractivity contribution in [1.82, 2.24) is 9.97 Å². The molecular formula is C22H24N4O. The van der Waals surface area contributed by atoms with Crippen LogP contribution in [-0.4, -0.2) is 28.8 Å². The predicted octanol–water partition coefficient (Wildman–Crippen LogP) is 4.00. The van der Waals surface area contributed by atoms with Crippen LogP contribution in [0.1, 0.15) is 31.7 Å². The van der Waals surface area contributed by atoms with Crippen molar-refractivity contribution in [3.05, 3.63) is 48.0 Å². The molecule has 3 aromatic rings. The Balaban J connectivity index is 1.74. The van der Waals surface area contributed by atoms with E-state index in [9.17, 15) is 4.79 Å². The Labute approximate surface area is 159 Å². The second-order valence-corrected chi connectivity index (χ2v) is 7.26. The molecule has 5 nitrogen and oxygen atoms in total. The van der Waals surface area contributed by atoms with Crippen LogP contribution in [0.25, 0.3) is 22.0 Å². The molecule has 0 unspecified atom stereocenters. The highest BCUT2D eigenvalue weighted by atomic mass is 16.1. The summed E-state index contributed by atoms with van der Waals surface area (Å²) in [5.74, 6) is 1.44. The van der Waals surface area contributed by atoms with E-state index in [1.807, 2.05) is 18.2 Å². The average Bonchev–Trinajstić information content (AvgIpc) is 2.68. The summed E-state index contributed by atoms with van der Waals surface area (Å²) >= 11 is 0. The third-order valence-electron chi connectivity index (χ3n) is 5.09. The van der Waals surface area contributed by atoms with Gasteiger partial charge >= 0.3 is 0 Å². The molecule has 1 aliphatic heterocycles. The maximum absolute atomic E-state index is 11.3. The van der Waals surface area contributed by atoms with E-state index in [0.29, 0.717) is 12.4 Å². The summed E-state index contributed by atoms with van der Waals surface area (Å²) in [4.78, 5) is 22.6. The topological polar surface area (TPSA) is 72.1 Å². The van der Waals surface area contributed by atoms with Crippen molar-refractivity contribution in [1.29, 1.82) is 0 Å². The van der Waals surface area contributed by atoms with Crippen molar-refractivity contribution >= 4 is 28.5 Å². The quantitative estimate of drug-likeness (QED) is 0.761. The van der Waals surface area contributed by atoms with Crippen molar-refractivity contribution in [3.8, 4) is 11.1 Å². The van der Waals surface area contributed by atoms with Crippen LogP contribution in [0, 0.1) is 0 Å². The van der Waals surface area contributed by atoms with Crippen molar-refractivity contribution in [2.24, 2.45) is 0 Å². The van der Waals surface area contributed by atoms with Crippen molar-refractivity contribution < 1.29 is 4.79 Å². The number of nitrogens with two attached hydrogens (primary N) is 1. The van der Waals surface area contributed by atoms with Crippen LogP contribution >= 0.6 is 0 Å². The van der Waals surface area contributed by atoms with E-state index in [1.54, 1.807) is 6.92 Å². The lowest BCUT2D eigenvalue weighted by atomic mass is 10.0. The van der Waals surface area contributed by atoms with Gasteiger partial charge in [-0.05, 0) is 55.0 Å². The van der Waals surface area contributed by atoms with Crippen molar-refractivity contribution in [3.63, 3.8) is 0 Å². The Morgan fingerprint density at radius 3 is 2.41 bits per heavy atom. The summed E-state index contributed by atoms with van der Waals surface area (Å²) in [7, 11) is 0. The van der Waals surface area contributed by atoms with Gasteiger partial charge in [-0.15, -0.1) is 0 Å². The molecular weight excluding hydrogens is 336 g/mol. The molecule has 1 aliphatic rings. The monoisotopic (exact) mass is 360 g/mol. The fourth-order valence-corrected chi connectivity index (χ4v) is 3.76. The number of carbonyl (C=O) groups excluding carboxylic acids is 1. The number of nitrogens with zero attached hydrogens (tertiary/aromatic N) is 3. The SMILES string of the molecule is CC(=O)Cc1ccc(-c2ccc3nc(N)nc(N4CCCCC4)c3c2)cc1. The molecule has 0 amide bonds. The standard InChI is InChI=1S/C22H24N4O/c1-15(27)13-16-5-7-17(8-6-16)18-9-10-20-19(14-18)21(25-22(23)24-20)26-11-3-2-4-12-26/h5-10,14H,2-4,11-13H2,1H3,(H2,23,24,25). The van der Waals surface area contributed by atoms with Gasteiger partial charge in [0.15, 0.2) is 0 Å². The van der Waals surface area contributed by atoms with E-state index in [-0.39, 0.29) is 5.78 Å². The van der Waals surface area contributed by atoms with Gasteiger partial charge in [-0.1, -0.05) is 30.3 Å². The molecule has 138 valence electrons. The first-order chi connectivity index (χ1) is 13.1. The Kier molecular flexibility index (Phi) is 4.75. The van der Waals surface area contributed by atoms with E-state index < -0.39 is 0 Å². The minimum Gasteiger partial charge on any atom is -0.368 e. The molecule has 1 fully saturated rings. The van der Waals surface area contributed by atoms with Crippen LogP contribution in [0.4, 0.5) is 11.8 Å². The van der Waals surface area contributed by atoms with Gasteiger partial charge in [0.2, 0.25) is 5.95 Å². The van der Waals surface area contributed by atoms with Gasteiger partial charge in [0, 0.05) is 24.9 Å². The number of aromatic nitrogens is 2. The van der Waals surface area contributed by atoms with Crippen LogP contribution in [0.15, 0.2) is 42.5 Å². The van der Waals surface area contributed by atoms with Crippen LogP contribution < -0.4 is 10.6 Å². The lowest BCUT2D eigenvalue weighted by molar-refractivity contribution is -0.116. The number of Topliss-reactive ketones (excluding diaryl/α,β-unsaturated/α-hetero) is 1. The van der Waals surface area contributed by atoms with Crippen LogP contribution in [-0.2, 0) is 11.2 Å². The number of carbonyl (C=O) groups is 1. The third-order valence-corrected chi connectivity index (χ3v) is 5.09. The number of anilines is 2. The van der Waals surface area contributed by atoms with Gasteiger partial charge in [-0.3, -0.25) is 4.79 Å². The number of hydrogen-bond donors (Lipinski definition) is 1. The second-order valence-electron chi connectivity index (χ2n) is 7.26. The fraction of sp³-hybridized carbons (Fsp3) is 0.318. The average molecular weight is 360 g/mol.